The Morgan fingerprint density at radius 3 is 3.29 bits per heavy atom. The molecule has 1 aromatic rings. The molecule has 0 aliphatic carbocycles. The molecule has 5 heteroatoms. The van der Waals surface area contributed by atoms with E-state index in [1.54, 1.807) is 7.11 Å². The van der Waals surface area contributed by atoms with E-state index in [1.807, 2.05) is 13.1 Å². The third kappa shape index (κ3) is 3.52. The molecule has 0 aromatic carbocycles. The molecule has 1 unspecified atom stereocenters. The Labute approximate surface area is 102 Å². The highest BCUT2D eigenvalue weighted by Gasteiger charge is 2.20. The lowest BCUT2D eigenvalue weighted by molar-refractivity contribution is 0.0257. The van der Waals surface area contributed by atoms with Gasteiger partial charge in [-0.05, 0) is 26.4 Å². The van der Waals surface area contributed by atoms with Crippen LogP contribution >= 0.6 is 0 Å². The third-order valence-electron chi connectivity index (χ3n) is 3.14. The van der Waals surface area contributed by atoms with E-state index in [2.05, 4.69) is 15.4 Å². The van der Waals surface area contributed by atoms with Crippen molar-refractivity contribution >= 4 is 0 Å². The first kappa shape index (κ1) is 12.5. The van der Waals surface area contributed by atoms with Gasteiger partial charge in [-0.15, -0.1) is 0 Å². The van der Waals surface area contributed by atoms with Crippen molar-refractivity contribution in [2.75, 3.05) is 27.2 Å². The molecule has 1 aromatic heterocycles. The van der Waals surface area contributed by atoms with Crippen molar-refractivity contribution in [3.05, 3.63) is 17.5 Å². The van der Waals surface area contributed by atoms with E-state index in [4.69, 9.17) is 9.26 Å². The maximum Gasteiger partial charge on any atom is 0.151 e. The van der Waals surface area contributed by atoms with Crippen LogP contribution in [-0.4, -0.2) is 43.4 Å². The van der Waals surface area contributed by atoms with Gasteiger partial charge in [0.15, 0.2) is 5.76 Å². The van der Waals surface area contributed by atoms with Gasteiger partial charge >= 0.3 is 0 Å². The smallest absolute Gasteiger partial charge is 0.151 e. The van der Waals surface area contributed by atoms with Crippen LogP contribution in [0.4, 0.5) is 0 Å². The summed E-state index contributed by atoms with van der Waals surface area (Å²) in [6, 6.07) is 2.02. The van der Waals surface area contributed by atoms with Crippen LogP contribution in [0.3, 0.4) is 0 Å². The average Bonchev–Trinajstić information content (AvgIpc) is 2.77. The zero-order valence-corrected chi connectivity index (χ0v) is 10.6. The topological polar surface area (TPSA) is 50.5 Å². The fourth-order valence-electron chi connectivity index (χ4n) is 2.26. The van der Waals surface area contributed by atoms with E-state index in [0.717, 1.165) is 44.1 Å². The van der Waals surface area contributed by atoms with Crippen LogP contribution in [0, 0.1) is 0 Å². The SMILES string of the molecule is CNCc1cc(CN2CCCC(OC)C2)on1. The van der Waals surface area contributed by atoms with Crippen LogP contribution in [0.2, 0.25) is 0 Å². The average molecular weight is 239 g/mol. The first-order chi connectivity index (χ1) is 8.31. The molecule has 2 rings (SSSR count). The van der Waals surface area contributed by atoms with Crippen molar-refractivity contribution in [3.8, 4) is 0 Å². The largest absolute Gasteiger partial charge is 0.380 e. The van der Waals surface area contributed by atoms with Crippen molar-refractivity contribution in [1.82, 2.24) is 15.4 Å². The molecule has 17 heavy (non-hydrogen) atoms. The van der Waals surface area contributed by atoms with E-state index in [9.17, 15) is 0 Å². The quantitative estimate of drug-likeness (QED) is 0.831. The van der Waals surface area contributed by atoms with Gasteiger partial charge in [-0.3, -0.25) is 4.90 Å². The van der Waals surface area contributed by atoms with Crippen molar-refractivity contribution in [2.45, 2.75) is 32.0 Å². The molecular weight excluding hydrogens is 218 g/mol. The summed E-state index contributed by atoms with van der Waals surface area (Å²) in [5.74, 6) is 0.937. The standard InChI is InChI=1S/C12H21N3O2/c1-13-7-10-6-12(17-14-10)9-15-5-3-4-11(8-15)16-2/h6,11,13H,3-5,7-9H2,1-2H3. The molecule has 0 saturated carbocycles. The lowest BCUT2D eigenvalue weighted by atomic mass is 10.1. The van der Waals surface area contributed by atoms with Gasteiger partial charge in [0.2, 0.25) is 0 Å². The van der Waals surface area contributed by atoms with E-state index < -0.39 is 0 Å². The lowest BCUT2D eigenvalue weighted by Gasteiger charge is -2.30. The zero-order chi connectivity index (χ0) is 12.1. The zero-order valence-electron chi connectivity index (χ0n) is 10.6. The monoisotopic (exact) mass is 239 g/mol. The maximum absolute atomic E-state index is 5.40. The van der Waals surface area contributed by atoms with Crippen molar-refractivity contribution in [2.24, 2.45) is 0 Å². The summed E-state index contributed by atoms with van der Waals surface area (Å²) in [6.07, 6.45) is 2.72. The van der Waals surface area contributed by atoms with Crippen LogP contribution in [0.5, 0.6) is 0 Å². The van der Waals surface area contributed by atoms with E-state index in [-0.39, 0.29) is 0 Å². The number of nitrogens with one attached hydrogen (secondary N) is 1. The number of hydrogen-bond acceptors (Lipinski definition) is 5. The Morgan fingerprint density at radius 1 is 1.65 bits per heavy atom. The fourth-order valence-corrected chi connectivity index (χ4v) is 2.26. The van der Waals surface area contributed by atoms with Gasteiger partial charge < -0.3 is 14.6 Å². The number of piperidine rings is 1. The molecule has 1 N–H and O–H groups in total. The number of methoxy groups -OCH3 is 1. The molecule has 96 valence electrons. The number of likely N-dealkylation sites (tertiary alicyclic amines) is 1. The van der Waals surface area contributed by atoms with Crippen molar-refractivity contribution < 1.29 is 9.26 Å². The molecule has 0 radical (unpaired) electrons. The lowest BCUT2D eigenvalue weighted by Crippen LogP contribution is -2.38. The number of aromatic nitrogens is 1. The fraction of sp³-hybridized carbons (Fsp3) is 0.750. The van der Waals surface area contributed by atoms with Gasteiger partial charge in [-0.25, -0.2) is 0 Å². The molecule has 2 heterocycles. The summed E-state index contributed by atoms with van der Waals surface area (Å²) in [5.41, 5.74) is 0.961. The Morgan fingerprint density at radius 2 is 2.53 bits per heavy atom. The molecule has 0 spiro atoms. The summed E-state index contributed by atoms with van der Waals surface area (Å²) in [7, 11) is 3.69. The van der Waals surface area contributed by atoms with Gasteiger partial charge in [-0.2, -0.15) is 0 Å². The van der Waals surface area contributed by atoms with Crippen LogP contribution in [-0.2, 0) is 17.8 Å². The minimum Gasteiger partial charge on any atom is -0.380 e. The number of ether oxygens (including phenoxy) is 1. The van der Waals surface area contributed by atoms with Gasteiger partial charge in [-0.1, -0.05) is 5.16 Å². The minimum absolute atomic E-state index is 0.364. The molecule has 1 saturated heterocycles. The summed E-state index contributed by atoms with van der Waals surface area (Å²) >= 11 is 0. The summed E-state index contributed by atoms with van der Waals surface area (Å²) < 4.78 is 10.7. The highest BCUT2D eigenvalue weighted by atomic mass is 16.5. The van der Waals surface area contributed by atoms with E-state index in [1.165, 1.54) is 6.42 Å². The Hall–Kier alpha value is -0.910. The number of nitrogens with zero attached hydrogens (tertiary/aromatic N) is 2. The van der Waals surface area contributed by atoms with E-state index >= 15 is 0 Å². The second-order valence-electron chi connectivity index (χ2n) is 4.55. The first-order valence-corrected chi connectivity index (χ1v) is 6.16. The molecular formula is C12H21N3O2. The summed E-state index contributed by atoms with van der Waals surface area (Å²) in [5, 5.41) is 7.08. The van der Waals surface area contributed by atoms with E-state index in [0.29, 0.717) is 6.10 Å². The molecule has 1 fully saturated rings. The predicted octanol–water partition coefficient (Wildman–Crippen LogP) is 1.00. The van der Waals surface area contributed by atoms with Crippen molar-refractivity contribution in [3.63, 3.8) is 0 Å². The second kappa shape index (κ2) is 6.14. The van der Waals surface area contributed by atoms with Crippen molar-refractivity contribution in [1.29, 1.82) is 0 Å². The Kier molecular flexibility index (Phi) is 4.53. The molecule has 1 atom stereocenters. The Balaban J connectivity index is 1.86. The summed E-state index contributed by atoms with van der Waals surface area (Å²) in [6.45, 7) is 3.68. The molecule has 1 aliphatic rings. The first-order valence-electron chi connectivity index (χ1n) is 6.16. The highest BCUT2D eigenvalue weighted by molar-refractivity contribution is 5.05. The molecule has 0 amide bonds. The minimum atomic E-state index is 0.364. The second-order valence-corrected chi connectivity index (χ2v) is 4.55. The Bertz CT molecular complexity index is 340. The third-order valence-corrected chi connectivity index (χ3v) is 3.14. The van der Waals surface area contributed by atoms with Gasteiger partial charge in [0.1, 0.15) is 0 Å². The molecule has 5 nitrogen and oxygen atoms in total. The summed E-state index contributed by atoms with van der Waals surface area (Å²) in [4.78, 5) is 2.36. The highest BCUT2D eigenvalue weighted by Crippen LogP contribution is 2.15. The van der Waals surface area contributed by atoms with Crippen LogP contribution in [0.15, 0.2) is 10.6 Å². The molecule has 1 aliphatic heterocycles. The van der Waals surface area contributed by atoms with Gasteiger partial charge in [0.25, 0.3) is 0 Å². The predicted molar refractivity (Wildman–Crippen MR) is 64.6 cm³/mol. The van der Waals surface area contributed by atoms with Gasteiger partial charge in [0, 0.05) is 26.3 Å². The maximum atomic E-state index is 5.40. The molecule has 0 bridgehead atoms. The van der Waals surface area contributed by atoms with Crippen LogP contribution in [0.25, 0.3) is 0 Å². The normalized spacial score (nSPS) is 21.9. The van der Waals surface area contributed by atoms with Crippen LogP contribution in [0.1, 0.15) is 24.3 Å². The number of hydrogen-bond donors (Lipinski definition) is 1. The number of rotatable bonds is 5. The van der Waals surface area contributed by atoms with Gasteiger partial charge in [0.05, 0.1) is 18.3 Å². The van der Waals surface area contributed by atoms with Crippen LogP contribution < -0.4 is 5.32 Å².